The average molecular weight is 204 g/mol. The monoisotopic (exact) mass is 204 g/mol. The van der Waals surface area contributed by atoms with Crippen LogP contribution in [0.1, 0.15) is 52.4 Å². The molecule has 0 amide bonds. The van der Waals surface area contributed by atoms with Crippen molar-refractivity contribution in [1.29, 1.82) is 0 Å². The van der Waals surface area contributed by atoms with Crippen LogP contribution in [0.25, 0.3) is 0 Å². The lowest BCUT2D eigenvalue weighted by atomic mass is 9.92. The first-order valence-electron chi connectivity index (χ1n) is 5.62. The smallest absolute Gasteiger partial charge is 0.0546 e. The molecule has 0 aromatic heterocycles. The Morgan fingerprint density at radius 3 is 2.38 bits per heavy atom. The molecule has 0 aromatic carbocycles. The molecule has 1 N–H and O–H groups in total. The molecule has 0 aliphatic carbocycles. The molecule has 0 aromatic rings. The maximum absolute atomic E-state index is 9.64. The SMILES string of the molecule is CCCCC(CC)CC(O)CCP. The zero-order valence-electron chi connectivity index (χ0n) is 9.13. The molecule has 0 aliphatic rings. The Bertz CT molecular complexity index is 106. The normalized spacial score (nSPS) is 15.7. The summed E-state index contributed by atoms with van der Waals surface area (Å²) in [6.45, 7) is 4.46. The van der Waals surface area contributed by atoms with Crippen LogP contribution in [0, 0.1) is 5.92 Å². The molecule has 0 aliphatic heterocycles. The summed E-state index contributed by atoms with van der Waals surface area (Å²) in [6, 6.07) is 0. The number of hydrogen-bond acceptors (Lipinski definition) is 1. The van der Waals surface area contributed by atoms with Gasteiger partial charge in [0, 0.05) is 0 Å². The second-order valence-corrected chi connectivity index (χ2v) is 4.46. The summed E-state index contributed by atoms with van der Waals surface area (Å²) in [4.78, 5) is 0. The molecule has 80 valence electrons. The highest BCUT2D eigenvalue weighted by Crippen LogP contribution is 2.19. The standard InChI is InChI=1S/C11H25OP/c1-3-5-6-10(4-2)9-11(12)7-8-13/h10-12H,3-9,13H2,1-2H3. The van der Waals surface area contributed by atoms with Gasteiger partial charge in [-0.15, -0.1) is 9.24 Å². The molecule has 0 fully saturated rings. The zero-order chi connectivity index (χ0) is 10.1. The molecule has 3 atom stereocenters. The second kappa shape index (κ2) is 8.97. The lowest BCUT2D eigenvalue weighted by Crippen LogP contribution is -2.13. The van der Waals surface area contributed by atoms with Gasteiger partial charge in [0.2, 0.25) is 0 Å². The van der Waals surface area contributed by atoms with Gasteiger partial charge in [-0.1, -0.05) is 39.5 Å². The zero-order valence-corrected chi connectivity index (χ0v) is 10.3. The van der Waals surface area contributed by atoms with Gasteiger partial charge in [0.05, 0.1) is 6.10 Å². The molecule has 0 rings (SSSR count). The Balaban J connectivity index is 3.56. The van der Waals surface area contributed by atoms with E-state index >= 15 is 0 Å². The third-order valence-electron chi connectivity index (χ3n) is 2.65. The van der Waals surface area contributed by atoms with E-state index < -0.39 is 0 Å². The summed E-state index contributed by atoms with van der Waals surface area (Å²) in [5.41, 5.74) is 0. The van der Waals surface area contributed by atoms with Gasteiger partial charge in [-0.05, 0) is 24.9 Å². The Labute approximate surface area is 85.5 Å². The van der Waals surface area contributed by atoms with Gasteiger partial charge in [0.15, 0.2) is 0 Å². The lowest BCUT2D eigenvalue weighted by Gasteiger charge is -2.18. The Kier molecular flexibility index (Phi) is 9.23. The summed E-state index contributed by atoms with van der Waals surface area (Å²) < 4.78 is 0. The fourth-order valence-electron chi connectivity index (χ4n) is 1.68. The van der Waals surface area contributed by atoms with Gasteiger partial charge < -0.3 is 5.11 Å². The van der Waals surface area contributed by atoms with Gasteiger partial charge in [0.1, 0.15) is 0 Å². The maximum Gasteiger partial charge on any atom is 0.0546 e. The van der Waals surface area contributed by atoms with Gasteiger partial charge in [0.25, 0.3) is 0 Å². The predicted octanol–water partition coefficient (Wildman–Crippen LogP) is 3.22. The van der Waals surface area contributed by atoms with Crippen molar-refractivity contribution in [1.82, 2.24) is 0 Å². The van der Waals surface area contributed by atoms with E-state index in [9.17, 15) is 5.11 Å². The quantitative estimate of drug-likeness (QED) is 0.602. The highest BCUT2D eigenvalue weighted by Gasteiger charge is 2.11. The average Bonchev–Trinajstić information content (AvgIpc) is 2.12. The largest absolute Gasteiger partial charge is 0.393 e. The molecule has 2 heteroatoms. The summed E-state index contributed by atoms with van der Waals surface area (Å²) in [6.07, 6.45) is 7.99. The Morgan fingerprint density at radius 1 is 1.23 bits per heavy atom. The maximum atomic E-state index is 9.64. The Morgan fingerprint density at radius 2 is 1.92 bits per heavy atom. The fraction of sp³-hybridized carbons (Fsp3) is 1.00. The van der Waals surface area contributed by atoms with Crippen LogP contribution in [0.4, 0.5) is 0 Å². The van der Waals surface area contributed by atoms with E-state index in [1.165, 1.54) is 25.7 Å². The van der Waals surface area contributed by atoms with Crippen LogP contribution in [0.3, 0.4) is 0 Å². The lowest BCUT2D eigenvalue weighted by molar-refractivity contribution is 0.134. The van der Waals surface area contributed by atoms with Crippen molar-refractivity contribution < 1.29 is 5.11 Å². The minimum Gasteiger partial charge on any atom is -0.393 e. The first-order valence-corrected chi connectivity index (χ1v) is 6.44. The minimum atomic E-state index is -0.0701. The van der Waals surface area contributed by atoms with E-state index in [2.05, 4.69) is 23.1 Å². The summed E-state index contributed by atoms with van der Waals surface area (Å²) >= 11 is 0. The molecule has 0 saturated carbocycles. The molecule has 13 heavy (non-hydrogen) atoms. The molecule has 0 spiro atoms. The van der Waals surface area contributed by atoms with Gasteiger partial charge >= 0.3 is 0 Å². The van der Waals surface area contributed by atoms with Crippen LogP contribution in [0.2, 0.25) is 0 Å². The Hall–Kier alpha value is 0.390. The van der Waals surface area contributed by atoms with Gasteiger partial charge in [-0.3, -0.25) is 0 Å². The number of rotatable bonds is 8. The first kappa shape index (κ1) is 13.4. The molecule has 0 bridgehead atoms. The van der Waals surface area contributed by atoms with Crippen LogP contribution >= 0.6 is 9.24 Å². The molecule has 0 saturated heterocycles. The van der Waals surface area contributed by atoms with Crippen molar-refractivity contribution >= 4 is 9.24 Å². The van der Waals surface area contributed by atoms with Crippen LogP contribution in [-0.2, 0) is 0 Å². The summed E-state index contributed by atoms with van der Waals surface area (Å²) in [7, 11) is 2.68. The van der Waals surface area contributed by atoms with Crippen molar-refractivity contribution in [3.05, 3.63) is 0 Å². The topological polar surface area (TPSA) is 20.2 Å². The van der Waals surface area contributed by atoms with E-state index in [4.69, 9.17) is 0 Å². The third-order valence-corrected chi connectivity index (χ3v) is 2.98. The van der Waals surface area contributed by atoms with E-state index in [-0.39, 0.29) is 6.10 Å². The van der Waals surface area contributed by atoms with Gasteiger partial charge in [-0.2, -0.15) is 0 Å². The highest BCUT2D eigenvalue weighted by molar-refractivity contribution is 7.16. The molecule has 0 heterocycles. The number of hydrogen-bond donors (Lipinski definition) is 1. The number of aliphatic hydroxyl groups excluding tert-OH is 1. The third kappa shape index (κ3) is 7.46. The van der Waals surface area contributed by atoms with E-state index in [0.717, 1.165) is 24.9 Å². The predicted molar refractivity (Wildman–Crippen MR) is 63.1 cm³/mol. The van der Waals surface area contributed by atoms with Crippen LogP contribution in [-0.4, -0.2) is 17.4 Å². The molecule has 3 unspecified atom stereocenters. The molecule has 0 radical (unpaired) electrons. The van der Waals surface area contributed by atoms with Crippen molar-refractivity contribution in [2.45, 2.75) is 58.5 Å². The fourth-order valence-corrected chi connectivity index (χ4v) is 2.06. The number of aliphatic hydroxyl groups is 1. The van der Waals surface area contributed by atoms with Crippen molar-refractivity contribution in [2.75, 3.05) is 6.16 Å². The van der Waals surface area contributed by atoms with E-state index in [1.54, 1.807) is 0 Å². The first-order chi connectivity index (χ1) is 6.24. The minimum absolute atomic E-state index is 0.0701. The second-order valence-electron chi connectivity index (χ2n) is 3.88. The van der Waals surface area contributed by atoms with Gasteiger partial charge in [-0.25, -0.2) is 0 Å². The molecular formula is C11H25OP. The number of unbranched alkanes of at least 4 members (excludes halogenated alkanes) is 1. The highest BCUT2D eigenvalue weighted by atomic mass is 31.0. The van der Waals surface area contributed by atoms with Crippen molar-refractivity contribution in [3.8, 4) is 0 Å². The van der Waals surface area contributed by atoms with E-state index in [1.807, 2.05) is 0 Å². The molecule has 1 nitrogen and oxygen atoms in total. The van der Waals surface area contributed by atoms with Crippen LogP contribution in [0.15, 0.2) is 0 Å². The van der Waals surface area contributed by atoms with Crippen LogP contribution in [0.5, 0.6) is 0 Å². The van der Waals surface area contributed by atoms with E-state index in [0.29, 0.717) is 0 Å². The summed E-state index contributed by atoms with van der Waals surface area (Å²) in [5, 5.41) is 9.64. The van der Waals surface area contributed by atoms with Crippen molar-refractivity contribution in [2.24, 2.45) is 5.92 Å². The van der Waals surface area contributed by atoms with Crippen LogP contribution < -0.4 is 0 Å². The summed E-state index contributed by atoms with van der Waals surface area (Å²) in [5.74, 6) is 0.742. The molecular weight excluding hydrogens is 179 g/mol. The van der Waals surface area contributed by atoms with Crippen molar-refractivity contribution in [3.63, 3.8) is 0 Å².